The van der Waals surface area contributed by atoms with E-state index in [1.165, 1.54) is 11.3 Å². The van der Waals surface area contributed by atoms with Gasteiger partial charge in [0.1, 0.15) is 0 Å². The molecule has 1 heterocycles. The predicted molar refractivity (Wildman–Crippen MR) is 73.1 cm³/mol. The molecule has 0 saturated carbocycles. The van der Waals surface area contributed by atoms with E-state index in [0.29, 0.717) is 6.04 Å². The standard InChI is InChI=1S/C12H20BrNS/c1-10(8-13)9-14(3)11(2)7-12-5-4-6-15-12/h4-6,10-11H,7-9H2,1-3H3. The lowest BCUT2D eigenvalue weighted by molar-refractivity contribution is 0.232. The third-order valence-electron chi connectivity index (χ3n) is 2.69. The van der Waals surface area contributed by atoms with E-state index >= 15 is 0 Å². The molecule has 0 aromatic carbocycles. The van der Waals surface area contributed by atoms with E-state index in [-0.39, 0.29) is 0 Å². The van der Waals surface area contributed by atoms with Crippen LogP contribution in [0.25, 0.3) is 0 Å². The van der Waals surface area contributed by atoms with Crippen LogP contribution >= 0.6 is 27.3 Å². The van der Waals surface area contributed by atoms with Gasteiger partial charge in [0.2, 0.25) is 0 Å². The molecule has 1 nitrogen and oxygen atoms in total. The Morgan fingerprint density at radius 2 is 2.20 bits per heavy atom. The van der Waals surface area contributed by atoms with Crippen LogP contribution in [-0.4, -0.2) is 29.9 Å². The Hall–Kier alpha value is 0.140. The van der Waals surface area contributed by atoms with Gasteiger partial charge in [0.05, 0.1) is 0 Å². The first-order valence-corrected chi connectivity index (χ1v) is 7.42. The van der Waals surface area contributed by atoms with Crippen molar-refractivity contribution >= 4 is 27.3 Å². The molecule has 0 N–H and O–H groups in total. The Morgan fingerprint density at radius 1 is 1.47 bits per heavy atom. The number of halogens is 1. The van der Waals surface area contributed by atoms with Crippen LogP contribution in [0.4, 0.5) is 0 Å². The number of likely N-dealkylation sites (N-methyl/N-ethyl adjacent to an activating group) is 1. The summed E-state index contributed by atoms with van der Waals surface area (Å²) in [7, 11) is 2.22. The van der Waals surface area contributed by atoms with Gasteiger partial charge >= 0.3 is 0 Å². The topological polar surface area (TPSA) is 3.24 Å². The van der Waals surface area contributed by atoms with Gasteiger partial charge in [0, 0.05) is 22.8 Å². The van der Waals surface area contributed by atoms with E-state index in [0.717, 1.165) is 17.8 Å². The van der Waals surface area contributed by atoms with E-state index in [2.05, 4.69) is 59.2 Å². The minimum Gasteiger partial charge on any atom is -0.303 e. The summed E-state index contributed by atoms with van der Waals surface area (Å²) in [4.78, 5) is 3.94. The summed E-state index contributed by atoms with van der Waals surface area (Å²) in [6.45, 7) is 5.75. The second-order valence-electron chi connectivity index (χ2n) is 4.33. The molecule has 0 saturated heterocycles. The molecule has 0 aliphatic rings. The first-order valence-electron chi connectivity index (χ1n) is 5.42. The lowest BCUT2D eigenvalue weighted by atomic mass is 10.1. The molecule has 2 atom stereocenters. The number of hydrogen-bond donors (Lipinski definition) is 0. The molecule has 0 spiro atoms. The fourth-order valence-electron chi connectivity index (χ4n) is 1.60. The smallest absolute Gasteiger partial charge is 0.0112 e. The number of thiophene rings is 1. The van der Waals surface area contributed by atoms with Gasteiger partial charge in [-0.2, -0.15) is 0 Å². The molecule has 0 radical (unpaired) electrons. The summed E-state index contributed by atoms with van der Waals surface area (Å²) >= 11 is 5.39. The Labute approximate surface area is 106 Å². The normalized spacial score (nSPS) is 15.5. The summed E-state index contributed by atoms with van der Waals surface area (Å²) < 4.78 is 0. The van der Waals surface area contributed by atoms with Gasteiger partial charge in [-0.15, -0.1) is 11.3 Å². The first-order chi connectivity index (χ1) is 7.13. The zero-order chi connectivity index (χ0) is 11.3. The van der Waals surface area contributed by atoms with Crippen LogP contribution in [0.1, 0.15) is 18.7 Å². The zero-order valence-corrected chi connectivity index (χ0v) is 12.1. The Kier molecular flexibility index (Phi) is 5.87. The highest BCUT2D eigenvalue weighted by atomic mass is 79.9. The molecular formula is C12H20BrNS. The van der Waals surface area contributed by atoms with Gasteiger partial charge in [0.25, 0.3) is 0 Å². The van der Waals surface area contributed by atoms with Crippen LogP contribution in [0.15, 0.2) is 17.5 Å². The predicted octanol–water partition coefficient (Wildman–Crippen LogP) is 3.64. The third kappa shape index (κ3) is 4.66. The van der Waals surface area contributed by atoms with Crippen LogP contribution in [0.5, 0.6) is 0 Å². The molecule has 15 heavy (non-hydrogen) atoms. The molecule has 1 aromatic heterocycles. The highest BCUT2D eigenvalue weighted by Crippen LogP contribution is 2.14. The molecule has 86 valence electrons. The molecule has 0 amide bonds. The van der Waals surface area contributed by atoms with E-state index in [9.17, 15) is 0 Å². The fraction of sp³-hybridized carbons (Fsp3) is 0.667. The van der Waals surface area contributed by atoms with Crippen LogP contribution in [0.3, 0.4) is 0 Å². The van der Waals surface area contributed by atoms with Crippen molar-refractivity contribution < 1.29 is 0 Å². The van der Waals surface area contributed by atoms with Gasteiger partial charge in [-0.05, 0) is 37.8 Å². The van der Waals surface area contributed by atoms with E-state index in [1.54, 1.807) is 0 Å². The van der Waals surface area contributed by atoms with E-state index < -0.39 is 0 Å². The zero-order valence-electron chi connectivity index (χ0n) is 9.74. The average molecular weight is 290 g/mol. The van der Waals surface area contributed by atoms with Crippen molar-refractivity contribution in [1.29, 1.82) is 0 Å². The van der Waals surface area contributed by atoms with Gasteiger partial charge in [-0.1, -0.05) is 28.9 Å². The lowest BCUT2D eigenvalue weighted by Crippen LogP contribution is -2.34. The van der Waals surface area contributed by atoms with Crippen molar-refractivity contribution in [3.05, 3.63) is 22.4 Å². The molecule has 1 aromatic rings. The third-order valence-corrected chi connectivity index (χ3v) is 4.70. The van der Waals surface area contributed by atoms with Gasteiger partial charge in [-0.25, -0.2) is 0 Å². The summed E-state index contributed by atoms with van der Waals surface area (Å²) in [5.74, 6) is 0.723. The van der Waals surface area contributed by atoms with Crippen molar-refractivity contribution in [2.24, 2.45) is 5.92 Å². The van der Waals surface area contributed by atoms with Crippen molar-refractivity contribution in [1.82, 2.24) is 4.90 Å². The monoisotopic (exact) mass is 289 g/mol. The largest absolute Gasteiger partial charge is 0.303 e. The van der Waals surface area contributed by atoms with Crippen molar-refractivity contribution in [2.45, 2.75) is 26.3 Å². The quantitative estimate of drug-likeness (QED) is 0.723. The molecular weight excluding hydrogens is 270 g/mol. The lowest BCUT2D eigenvalue weighted by Gasteiger charge is -2.26. The van der Waals surface area contributed by atoms with Crippen LogP contribution in [0.2, 0.25) is 0 Å². The SMILES string of the molecule is CC(CBr)CN(C)C(C)Cc1cccs1. The Balaban J connectivity index is 2.36. The second kappa shape index (κ2) is 6.66. The number of alkyl halides is 1. The molecule has 1 rings (SSSR count). The molecule has 0 aliphatic carbocycles. The van der Waals surface area contributed by atoms with E-state index in [1.807, 2.05) is 11.3 Å². The summed E-state index contributed by atoms with van der Waals surface area (Å²) in [6.07, 6.45) is 1.17. The van der Waals surface area contributed by atoms with Crippen molar-refractivity contribution in [3.63, 3.8) is 0 Å². The minimum atomic E-state index is 0.630. The van der Waals surface area contributed by atoms with Gasteiger partial charge in [-0.3, -0.25) is 0 Å². The maximum Gasteiger partial charge on any atom is 0.0112 e. The minimum absolute atomic E-state index is 0.630. The maximum absolute atomic E-state index is 3.53. The van der Waals surface area contributed by atoms with Crippen molar-refractivity contribution in [2.75, 3.05) is 18.9 Å². The summed E-state index contributed by atoms with van der Waals surface area (Å²) in [5.41, 5.74) is 0. The van der Waals surface area contributed by atoms with Gasteiger partial charge in [0.15, 0.2) is 0 Å². The fourth-order valence-corrected chi connectivity index (χ4v) is 2.63. The highest BCUT2D eigenvalue weighted by molar-refractivity contribution is 9.09. The highest BCUT2D eigenvalue weighted by Gasteiger charge is 2.12. The molecule has 2 unspecified atom stereocenters. The number of rotatable bonds is 6. The first kappa shape index (κ1) is 13.2. The molecule has 0 aliphatic heterocycles. The Bertz CT molecular complexity index is 261. The van der Waals surface area contributed by atoms with Crippen LogP contribution < -0.4 is 0 Å². The summed E-state index contributed by atoms with van der Waals surface area (Å²) in [5, 5.41) is 3.24. The molecule has 0 bridgehead atoms. The molecule has 3 heteroatoms. The van der Waals surface area contributed by atoms with Gasteiger partial charge < -0.3 is 4.90 Å². The number of hydrogen-bond acceptors (Lipinski definition) is 2. The van der Waals surface area contributed by atoms with Crippen LogP contribution in [-0.2, 0) is 6.42 Å². The second-order valence-corrected chi connectivity index (χ2v) is 6.01. The average Bonchev–Trinajstić information content (AvgIpc) is 2.70. The number of nitrogens with zero attached hydrogens (tertiary/aromatic N) is 1. The molecule has 0 fully saturated rings. The maximum atomic E-state index is 3.53. The van der Waals surface area contributed by atoms with E-state index in [4.69, 9.17) is 0 Å². The Morgan fingerprint density at radius 3 is 2.73 bits per heavy atom. The van der Waals surface area contributed by atoms with Crippen molar-refractivity contribution in [3.8, 4) is 0 Å². The summed E-state index contributed by atoms with van der Waals surface area (Å²) in [6, 6.07) is 4.99. The van der Waals surface area contributed by atoms with Crippen LogP contribution in [0, 0.1) is 5.92 Å².